The minimum Gasteiger partial charge on any atom is -0.275 e. The smallest absolute Gasteiger partial charge is 0.0952 e. The average molecular weight is 320 g/mol. The molecule has 0 spiro atoms. The van der Waals surface area contributed by atoms with Crippen LogP contribution in [0.25, 0.3) is 21.8 Å². The molecule has 0 aliphatic rings. The molecule has 0 amide bonds. The second-order valence-electron chi connectivity index (χ2n) is 6.37. The fourth-order valence-electron chi connectivity index (χ4n) is 2.98. The quantitative estimate of drug-likeness (QED) is 0.515. The van der Waals surface area contributed by atoms with Gasteiger partial charge in [0.25, 0.3) is 0 Å². The molecule has 0 N–H and O–H groups in total. The van der Waals surface area contributed by atoms with Crippen molar-refractivity contribution in [3.05, 3.63) is 59.4 Å². The third-order valence-corrected chi connectivity index (χ3v) is 4.09. The topological polar surface area (TPSA) is 35.6 Å². The lowest BCUT2D eigenvalue weighted by Crippen LogP contribution is -1.92. The van der Waals surface area contributed by atoms with Crippen LogP contribution in [0.3, 0.4) is 0 Å². The lowest BCUT2D eigenvalue weighted by Gasteiger charge is -1.95. The van der Waals surface area contributed by atoms with Crippen LogP contribution in [0.4, 0.5) is 0 Å². The summed E-state index contributed by atoms with van der Waals surface area (Å²) in [5, 5.41) is 11.2. The van der Waals surface area contributed by atoms with E-state index < -0.39 is 0 Å². The molecule has 0 aliphatic carbocycles. The number of aryl methyl sites for hydroxylation is 5. The molecule has 2 aromatic carbocycles. The van der Waals surface area contributed by atoms with Crippen molar-refractivity contribution < 1.29 is 0 Å². The summed E-state index contributed by atoms with van der Waals surface area (Å²) in [5.41, 5.74) is 6.05. The van der Waals surface area contributed by atoms with Crippen LogP contribution in [0.15, 0.2) is 42.7 Å². The molecule has 124 valence electrons. The van der Waals surface area contributed by atoms with Gasteiger partial charge in [-0.3, -0.25) is 9.36 Å². The van der Waals surface area contributed by atoms with E-state index in [9.17, 15) is 0 Å². The van der Waals surface area contributed by atoms with E-state index in [0.717, 1.165) is 17.6 Å². The van der Waals surface area contributed by atoms with Gasteiger partial charge in [-0.25, -0.2) is 0 Å². The molecule has 2 aromatic heterocycles. The summed E-state index contributed by atoms with van der Waals surface area (Å²) in [6, 6.07) is 10.6. The molecule has 0 saturated carbocycles. The van der Waals surface area contributed by atoms with Gasteiger partial charge in [-0.05, 0) is 51.5 Å². The number of hydrogen-bond donors (Lipinski definition) is 0. The van der Waals surface area contributed by atoms with Gasteiger partial charge in [0, 0.05) is 36.8 Å². The summed E-state index contributed by atoms with van der Waals surface area (Å²) in [4.78, 5) is 0. The Labute approximate surface area is 142 Å². The third kappa shape index (κ3) is 3.32. The molecule has 2 heterocycles. The van der Waals surface area contributed by atoms with Gasteiger partial charge >= 0.3 is 0 Å². The standard InChI is InChI=1S/C11H14N2.C9H10N2/c1-4-13-7-10-6-8(2)5-9(3)11(10)12-13;1-7-3-4-9-8(5-7)6-11(2)10-9/h5-7H,4H2,1-3H3;3-6H,1-2H3. The summed E-state index contributed by atoms with van der Waals surface area (Å²) in [7, 11) is 1.94. The first-order valence-corrected chi connectivity index (χ1v) is 8.30. The lowest BCUT2D eigenvalue weighted by molar-refractivity contribution is 0.667. The van der Waals surface area contributed by atoms with Crippen molar-refractivity contribution in [2.75, 3.05) is 0 Å². The maximum Gasteiger partial charge on any atom is 0.0952 e. The van der Waals surface area contributed by atoms with Crippen molar-refractivity contribution in [3.63, 3.8) is 0 Å². The zero-order valence-corrected chi connectivity index (χ0v) is 15.0. The van der Waals surface area contributed by atoms with Crippen molar-refractivity contribution in [2.45, 2.75) is 34.2 Å². The number of benzene rings is 2. The number of hydrogen-bond acceptors (Lipinski definition) is 2. The zero-order chi connectivity index (χ0) is 17.3. The first-order valence-electron chi connectivity index (χ1n) is 8.30. The molecule has 4 nitrogen and oxygen atoms in total. The Morgan fingerprint density at radius 3 is 2.38 bits per heavy atom. The van der Waals surface area contributed by atoms with Gasteiger partial charge in [0.05, 0.1) is 11.0 Å². The molecule has 0 atom stereocenters. The Hall–Kier alpha value is -2.62. The predicted octanol–water partition coefficient (Wildman–Crippen LogP) is 4.55. The molecule has 24 heavy (non-hydrogen) atoms. The Bertz CT molecular complexity index is 992. The van der Waals surface area contributed by atoms with Crippen molar-refractivity contribution in [1.82, 2.24) is 19.6 Å². The lowest BCUT2D eigenvalue weighted by atomic mass is 10.1. The van der Waals surface area contributed by atoms with E-state index in [-0.39, 0.29) is 0 Å². The normalized spacial score (nSPS) is 10.9. The number of rotatable bonds is 1. The Balaban J connectivity index is 0.000000143. The highest BCUT2D eigenvalue weighted by Gasteiger charge is 2.02. The largest absolute Gasteiger partial charge is 0.275 e. The van der Waals surface area contributed by atoms with Gasteiger partial charge in [0.1, 0.15) is 0 Å². The highest BCUT2D eigenvalue weighted by atomic mass is 15.3. The van der Waals surface area contributed by atoms with Crippen LogP contribution >= 0.6 is 0 Å². The second kappa shape index (κ2) is 6.48. The average Bonchev–Trinajstić information content (AvgIpc) is 3.09. The highest BCUT2D eigenvalue weighted by molar-refractivity contribution is 5.82. The van der Waals surface area contributed by atoms with Crippen LogP contribution in [0.5, 0.6) is 0 Å². The molecule has 4 aromatic rings. The maximum atomic E-state index is 4.49. The van der Waals surface area contributed by atoms with E-state index in [1.54, 1.807) is 0 Å². The molecular formula is C20H24N4. The predicted molar refractivity (Wildman–Crippen MR) is 100 cm³/mol. The molecule has 0 saturated heterocycles. The molecule has 4 heteroatoms. The molecule has 0 fully saturated rings. The van der Waals surface area contributed by atoms with E-state index in [2.05, 4.69) is 68.4 Å². The van der Waals surface area contributed by atoms with Crippen LogP contribution in [-0.4, -0.2) is 19.6 Å². The highest BCUT2D eigenvalue weighted by Crippen LogP contribution is 2.18. The van der Waals surface area contributed by atoms with Gasteiger partial charge in [0.2, 0.25) is 0 Å². The molecule has 4 rings (SSSR count). The van der Waals surface area contributed by atoms with Crippen molar-refractivity contribution in [2.24, 2.45) is 7.05 Å². The summed E-state index contributed by atoms with van der Waals surface area (Å²) in [5.74, 6) is 0. The van der Waals surface area contributed by atoms with E-state index in [1.165, 1.54) is 27.5 Å². The molecular weight excluding hydrogens is 296 g/mol. The van der Waals surface area contributed by atoms with Crippen LogP contribution in [0.1, 0.15) is 23.6 Å². The molecule has 0 bridgehead atoms. The van der Waals surface area contributed by atoms with Gasteiger partial charge in [-0.15, -0.1) is 0 Å². The summed E-state index contributed by atoms with van der Waals surface area (Å²) in [6.07, 6.45) is 4.14. The monoisotopic (exact) mass is 320 g/mol. The van der Waals surface area contributed by atoms with Crippen molar-refractivity contribution >= 4 is 21.8 Å². The molecule has 0 unspecified atom stereocenters. The second-order valence-corrected chi connectivity index (χ2v) is 6.37. The Morgan fingerprint density at radius 1 is 0.875 bits per heavy atom. The summed E-state index contributed by atoms with van der Waals surface area (Å²) >= 11 is 0. The van der Waals surface area contributed by atoms with Gasteiger partial charge in [-0.2, -0.15) is 10.2 Å². The third-order valence-electron chi connectivity index (χ3n) is 4.09. The first-order chi connectivity index (χ1) is 11.5. The van der Waals surface area contributed by atoms with Gasteiger partial charge < -0.3 is 0 Å². The SMILES string of the molecule is CCn1cc2cc(C)cc(C)c2n1.Cc1ccc2nn(C)cc2c1. The maximum absolute atomic E-state index is 4.49. The van der Waals surface area contributed by atoms with Crippen molar-refractivity contribution in [3.8, 4) is 0 Å². The van der Waals surface area contributed by atoms with Crippen LogP contribution in [0.2, 0.25) is 0 Å². The number of nitrogens with zero attached hydrogens (tertiary/aromatic N) is 4. The van der Waals surface area contributed by atoms with E-state index in [1.807, 2.05) is 28.7 Å². The fourth-order valence-corrected chi connectivity index (χ4v) is 2.98. The van der Waals surface area contributed by atoms with Gasteiger partial charge in [0.15, 0.2) is 0 Å². The summed E-state index contributed by atoms with van der Waals surface area (Å²) < 4.78 is 3.82. The van der Waals surface area contributed by atoms with E-state index in [0.29, 0.717) is 0 Å². The minimum atomic E-state index is 0.938. The van der Waals surface area contributed by atoms with E-state index >= 15 is 0 Å². The molecule has 0 aliphatic heterocycles. The first kappa shape index (κ1) is 16.2. The summed E-state index contributed by atoms with van der Waals surface area (Å²) in [6.45, 7) is 9.37. The molecule has 0 radical (unpaired) electrons. The van der Waals surface area contributed by atoms with Crippen LogP contribution in [0, 0.1) is 20.8 Å². The van der Waals surface area contributed by atoms with Crippen molar-refractivity contribution in [1.29, 1.82) is 0 Å². The van der Waals surface area contributed by atoms with Crippen LogP contribution < -0.4 is 0 Å². The number of fused-ring (bicyclic) bond motifs is 2. The van der Waals surface area contributed by atoms with E-state index in [4.69, 9.17) is 0 Å². The minimum absolute atomic E-state index is 0.938. The number of aromatic nitrogens is 4. The fraction of sp³-hybridized carbons (Fsp3) is 0.300. The zero-order valence-electron chi connectivity index (χ0n) is 15.0. The van der Waals surface area contributed by atoms with Crippen LogP contribution in [-0.2, 0) is 13.6 Å². The van der Waals surface area contributed by atoms with Gasteiger partial charge in [-0.1, -0.05) is 23.3 Å². The Morgan fingerprint density at radius 2 is 1.62 bits per heavy atom. The Kier molecular flexibility index (Phi) is 4.38.